The summed E-state index contributed by atoms with van der Waals surface area (Å²) in [7, 11) is 0. The van der Waals surface area contributed by atoms with Crippen molar-refractivity contribution >= 4 is 38.5 Å². The summed E-state index contributed by atoms with van der Waals surface area (Å²) in [6, 6.07) is 43.0. The van der Waals surface area contributed by atoms with Crippen LogP contribution >= 0.6 is 0 Å². The van der Waals surface area contributed by atoms with E-state index in [0.29, 0.717) is 11.1 Å². The van der Waals surface area contributed by atoms with E-state index in [9.17, 15) is 4.79 Å². The molecule has 0 atom stereocenters. The number of nitrogens with zero attached hydrogens (tertiary/aromatic N) is 2. The van der Waals surface area contributed by atoms with Gasteiger partial charge in [-0.05, 0) is 48.5 Å². The molecule has 0 aliphatic carbocycles. The molecule has 170 valence electrons. The predicted octanol–water partition coefficient (Wildman–Crippen LogP) is 7.96. The van der Waals surface area contributed by atoms with E-state index in [1.807, 2.05) is 48.5 Å². The number of aromatic nitrogens is 2. The SMILES string of the molecule is O=C(c1ccccc1)c1ccc(-n2c3ccccc3c3ccc4ccn(-c5ccccc5)c4c32)cc1. The third-order valence-electron chi connectivity index (χ3n) is 6.94. The summed E-state index contributed by atoms with van der Waals surface area (Å²) >= 11 is 0. The lowest BCUT2D eigenvalue weighted by atomic mass is 10.0. The van der Waals surface area contributed by atoms with Gasteiger partial charge in [0.15, 0.2) is 5.78 Å². The molecule has 0 aliphatic heterocycles. The molecule has 7 aromatic rings. The molecule has 0 N–H and O–H groups in total. The van der Waals surface area contributed by atoms with Crippen molar-refractivity contribution in [3.63, 3.8) is 0 Å². The van der Waals surface area contributed by atoms with Crippen molar-refractivity contribution in [2.75, 3.05) is 0 Å². The molecular weight excluding hydrogens is 440 g/mol. The van der Waals surface area contributed by atoms with Crippen LogP contribution < -0.4 is 0 Å². The molecule has 0 fully saturated rings. The van der Waals surface area contributed by atoms with Gasteiger partial charge in [-0.2, -0.15) is 0 Å². The Hall–Kier alpha value is -4.89. The third kappa shape index (κ3) is 3.10. The van der Waals surface area contributed by atoms with Gasteiger partial charge in [0.25, 0.3) is 0 Å². The zero-order valence-electron chi connectivity index (χ0n) is 19.5. The van der Waals surface area contributed by atoms with E-state index in [-0.39, 0.29) is 5.78 Å². The lowest BCUT2D eigenvalue weighted by Crippen LogP contribution is -2.02. The number of carbonyl (C=O) groups excluding carboxylic acids is 1. The molecule has 2 aromatic heterocycles. The zero-order valence-corrected chi connectivity index (χ0v) is 19.5. The van der Waals surface area contributed by atoms with Crippen LogP contribution in [0.2, 0.25) is 0 Å². The number of para-hydroxylation sites is 2. The van der Waals surface area contributed by atoms with Crippen molar-refractivity contribution < 1.29 is 4.79 Å². The largest absolute Gasteiger partial charge is 0.315 e. The molecule has 0 saturated carbocycles. The highest BCUT2D eigenvalue weighted by Gasteiger charge is 2.18. The fourth-order valence-corrected chi connectivity index (χ4v) is 5.26. The van der Waals surface area contributed by atoms with Crippen LogP contribution in [0.4, 0.5) is 0 Å². The molecule has 7 rings (SSSR count). The molecule has 0 radical (unpaired) electrons. The van der Waals surface area contributed by atoms with Crippen LogP contribution in [0.15, 0.2) is 134 Å². The first-order chi connectivity index (χ1) is 17.8. The quantitative estimate of drug-likeness (QED) is 0.244. The Morgan fingerprint density at radius 1 is 0.500 bits per heavy atom. The number of benzene rings is 5. The number of carbonyl (C=O) groups is 1. The Morgan fingerprint density at radius 3 is 1.94 bits per heavy atom. The van der Waals surface area contributed by atoms with E-state index in [2.05, 4.69) is 94.2 Å². The Labute approximate surface area is 208 Å². The Morgan fingerprint density at radius 2 is 1.17 bits per heavy atom. The molecule has 3 heteroatoms. The first-order valence-electron chi connectivity index (χ1n) is 12.1. The van der Waals surface area contributed by atoms with E-state index >= 15 is 0 Å². The summed E-state index contributed by atoms with van der Waals surface area (Å²) < 4.78 is 4.59. The monoisotopic (exact) mass is 462 g/mol. The van der Waals surface area contributed by atoms with Gasteiger partial charge in [0.1, 0.15) is 0 Å². The maximum Gasteiger partial charge on any atom is 0.193 e. The van der Waals surface area contributed by atoms with Gasteiger partial charge < -0.3 is 9.13 Å². The highest BCUT2D eigenvalue weighted by molar-refractivity contribution is 6.18. The van der Waals surface area contributed by atoms with Gasteiger partial charge in [0, 0.05) is 44.9 Å². The van der Waals surface area contributed by atoms with Crippen LogP contribution in [-0.4, -0.2) is 14.9 Å². The summed E-state index contributed by atoms with van der Waals surface area (Å²) in [5.41, 5.74) is 7.00. The number of hydrogen-bond acceptors (Lipinski definition) is 1. The van der Waals surface area contributed by atoms with Gasteiger partial charge in [-0.25, -0.2) is 0 Å². The molecule has 2 heterocycles. The second-order valence-corrected chi connectivity index (χ2v) is 9.02. The van der Waals surface area contributed by atoms with Crippen molar-refractivity contribution in [2.24, 2.45) is 0 Å². The number of fused-ring (bicyclic) bond motifs is 5. The van der Waals surface area contributed by atoms with Crippen molar-refractivity contribution in [1.82, 2.24) is 9.13 Å². The number of rotatable bonds is 4. The van der Waals surface area contributed by atoms with Crippen LogP contribution in [0.3, 0.4) is 0 Å². The van der Waals surface area contributed by atoms with Crippen molar-refractivity contribution in [3.05, 3.63) is 145 Å². The van der Waals surface area contributed by atoms with Crippen molar-refractivity contribution in [1.29, 1.82) is 0 Å². The first-order valence-corrected chi connectivity index (χ1v) is 12.1. The predicted molar refractivity (Wildman–Crippen MR) is 147 cm³/mol. The smallest absolute Gasteiger partial charge is 0.193 e. The molecular formula is C33H22N2O. The fraction of sp³-hybridized carbons (Fsp3) is 0. The molecule has 0 unspecified atom stereocenters. The minimum atomic E-state index is 0.0321. The van der Waals surface area contributed by atoms with Gasteiger partial charge in [-0.3, -0.25) is 4.79 Å². The standard InChI is InChI=1S/C33H22N2O/c36-33(24-9-3-1-4-10-24)25-15-18-27(19-16-25)35-30-14-8-7-13-28(30)29-20-17-23-21-22-34(31(23)32(29)35)26-11-5-2-6-12-26/h1-22H. The number of ketones is 1. The summed E-state index contributed by atoms with van der Waals surface area (Å²) in [6.07, 6.45) is 2.14. The Kier molecular flexibility index (Phi) is 4.61. The zero-order chi connectivity index (χ0) is 24.1. The van der Waals surface area contributed by atoms with E-state index in [1.165, 1.54) is 21.7 Å². The van der Waals surface area contributed by atoms with E-state index in [0.717, 1.165) is 22.4 Å². The average molecular weight is 463 g/mol. The van der Waals surface area contributed by atoms with Gasteiger partial charge >= 0.3 is 0 Å². The lowest BCUT2D eigenvalue weighted by molar-refractivity contribution is 0.103. The summed E-state index contributed by atoms with van der Waals surface area (Å²) in [4.78, 5) is 13.0. The normalized spacial score (nSPS) is 11.4. The van der Waals surface area contributed by atoms with Gasteiger partial charge in [-0.15, -0.1) is 0 Å². The Balaban J connectivity index is 1.49. The van der Waals surface area contributed by atoms with Gasteiger partial charge in [0.2, 0.25) is 0 Å². The molecule has 0 saturated heterocycles. The van der Waals surface area contributed by atoms with Gasteiger partial charge in [0.05, 0.1) is 16.6 Å². The Bertz CT molecular complexity index is 1880. The van der Waals surface area contributed by atoms with Gasteiger partial charge in [-0.1, -0.05) is 78.9 Å². The van der Waals surface area contributed by atoms with Crippen LogP contribution in [0.25, 0.3) is 44.1 Å². The molecule has 5 aromatic carbocycles. The molecule has 3 nitrogen and oxygen atoms in total. The molecule has 36 heavy (non-hydrogen) atoms. The van der Waals surface area contributed by atoms with Crippen molar-refractivity contribution in [2.45, 2.75) is 0 Å². The molecule has 0 bridgehead atoms. The lowest BCUT2D eigenvalue weighted by Gasteiger charge is -2.12. The summed E-state index contributed by atoms with van der Waals surface area (Å²) in [5.74, 6) is 0.0321. The molecule has 0 amide bonds. The molecule has 0 spiro atoms. The highest BCUT2D eigenvalue weighted by atomic mass is 16.1. The number of hydrogen-bond donors (Lipinski definition) is 0. The van der Waals surface area contributed by atoms with Crippen LogP contribution in [0.1, 0.15) is 15.9 Å². The average Bonchev–Trinajstić information content (AvgIpc) is 3.53. The second kappa shape index (κ2) is 8.10. The summed E-state index contributed by atoms with van der Waals surface area (Å²) in [5, 5.41) is 3.60. The van der Waals surface area contributed by atoms with Crippen LogP contribution in [0.5, 0.6) is 0 Å². The minimum Gasteiger partial charge on any atom is -0.315 e. The van der Waals surface area contributed by atoms with Crippen LogP contribution in [-0.2, 0) is 0 Å². The topological polar surface area (TPSA) is 26.9 Å². The van der Waals surface area contributed by atoms with E-state index in [4.69, 9.17) is 0 Å². The fourth-order valence-electron chi connectivity index (χ4n) is 5.26. The van der Waals surface area contributed by atoms with E-state index in [1.54, 1.807) is 0 Å². The first kappa shape index (κ1) is 20.5. The van der Waals surface area contributed by atoms with Crippen LogP contribution in [0, 0.1) is 0 Å². The maximum atomic E-state index is 13.0. The molecule has 0 aliphatic rings. The second-order valence-electron chi connectivity index (χ2n) is 9.02. The summed E-state index contributed by atoms with van der Waals surface area (Å²) in [6.45, 7) is 0. The third-order valence-corrected chi connectivity index (χ3v) is 6.94. The van der Waals surface area contributed by atoms with E-state index < -0.39 is 0 Å². The highest BCUT2D eigenvalue weighted by Crippen LogP contribution is 2.37. The maximum absolute atomic E-state index is 13.0. The van der Waals surface area contributed by atoms with Crippen molar-refractivity contribution in [3.8, 4) is 11.4 Å². The minimum absolute atomic E-state index is 0.0321.